The first-order chi connectivity index (χ1) is 33.2. The van der Waals surface area contributed by atoms with Crippen molar-refractivity contribution in [1.82, 2.24) is 28.9 Å². The molecule has 4 aliphatic carbocycles. The predicted molar refractivity (Wildman–Crippen MR) is 247 cm³/mol. The maximum absolute atomic E-state index is 14.2. The number of ether oxygens (including phenoxy) is 1. The van der Waals surface area contributed by atoms with Gasteiger partial charge in [0.25, 0.3) is 11.8 Å². The molecule has 2 amide bonds. The molecule has 4 saturated carbocycles. The lowest BCUT2D eigenvalue weighted by atomic mass is 9.80. The van der Waals surface area contributed by atoms with E-state index < -0.39 is 37.2 Å². The summed E-state index contributed by atoms with van der Waals surface area (Å²) in [7, 11) is 1.79. The highest BCUT2D eigenvalue weighted by atomic mass is 35.5. The number of nitrogens with zero attached hydrogens (tertiary/aromatic N) is 6. The SMILES string of the molecule is [2H]C([2H])([2H])n1c(C(=O)Nc2cccc(-c3cccc(NC(=O)c4nc5c(n4C([2H])([2H])[2H])CCN(CCC46CCC(C(=O)O)(CC4)C6)C5)c3Cl)c2C)nc2c1CCN(CCC13CCC(COC)(CC1)C3)C2. The lowest BCUT2D eigenvalue weighted by Gasteiger charge is -2.32. The summed E-state index contributed by atoms with van der Waals surface area (Å²) in [5.74, 6) is -2.50. The summed E-state index contributed by atoms with van der Waals surface area (Å²) >= 11 is 7.06. The highest BCUT2D eigenvalue weighted by Crippen LogP contribution is 2.64. The molecule has 6 aliphatic rings. The van der Waals surface area contributed by atoms with Crippen molar-refractivity contribution in [2.75, 3.05) is 50.5 Å². The van der Waals surface area contributed by atoms with Gasteiger partial charge < -0.3 is 29.6 Å². The Morgan fingerprint density at radius 3 is 1.81 bits per heavy atom. The molecule has 2 aliphatic heterocycles. The first-order valence-electron chi connectivity index (χ1n) is 26.1. The van der Waals surface area contributed by atoms with Gasteiger partial charge in [0.05, 0.1) is 34.1 Å². The highest BCUT2D eigenvalue weighted by Gasteiger charge is 2.58. The monoisotopic (exact) mass is 896 g/mol. The number of aromatic nitrogens is 4. The van der Waals surface area contributed by atoms with Gasteiger partial charge >= 0.3 is 5.97 Å². The van der Waals surface area contributed by atoms with E-state index in [0.717, 1.165) is 54.5 Å². The topological polar surface area (TPSA) is 147 Å². The maximum atomic E-state index is 14.2. The van der Waals surface area contributed by atoms with Crippen LogP contribution in [0.2, 0.25) is 5.02 Å². The number of halogens is 1. The molecule has 4 bridgehead atoms. The number of carboxylic acid groups (broad SMARTS) is 1. The van der Waals surface area contributed by atoms with E-state index in [2.05, 4.69) is 25.4 Å². The Morgan fingerprint density at radius 1 is 0.750 bits per heavy atom. The number of imidazole rings is 2. The Labute approximate surface area is 389 Å². The third kappa shape index (κ3) is 7.57. The van der Waals surface area contributed by atoms with E-state index in [1.54, 1.807) is 37.4 Å². The summed E-state index contributed by atoms with van der Waals surface area (Å²) in [4.78, 5) is 54.2. The van der Waals surface area contributed by atoms with E-state index >= 15 is 0 Å². The summed E-state index contributed by atoms with van der Waals surface area (Å²) in [6, 6.07) is 10.4. The predicted octanol–water partition coefficient (Wildman–Crippen LogP) is 8.42. The highest BCUT2D eigenvalue weighted by molar-refractivity contribution is 6.36. The number of aliphatic carboxylic acids is 1. The molecule has 13 nitrogen and oxygen atoms in total. The van der Waals surface area contributed by atoms with Crippen LogP contribution in [-0.4, -0.2) is 91.7 Å². The molecule has 0 radical (unpaired) electrons. The van der Waals surface area contributed by atoms with Gasteiger partial charge in [0.2, 0.25) is 0 Å². The van der Waals surface area contributed by atoms with Crippen LogP contribution in [0.4, 0.5) is 11.4 Å². The molecule has 0 spiro atoms. The normalized spacial score (nSPS) is 29.0. The van der Waals surface area contributed by atoms with E-state index in [1.807, 2.05) is 13.0 Å². The third-order valence-electron chi connectivity index (χ3n) is 16.6. The quantitative estimate of drug-likeness (QED) is 0.114. The van der Waals surface area contributed by atoms with Gasteiger partial charge in [0.1, 0.15) is 0 Å². The van der Waals surface area contributed by atoms with Crippen LogP contribution in [-0.2, 0) is 49.4 Å². The van der Waals surface area contributed by atoms with Crippen LogP contribution in [0.15, 0.2) is 36.4 Å². The molecule has 4 fully saturated rings. The fourth-order valence-corrected chi connectivity index (χ4v) is 13.1. The van der Waals surface area contributed by atoms with Crippen LogP contribution in [0.5, 0.6) is 0 Å². The second-order valence-electron chi connectivity index (χ2n) is 20.3. The molecule has 2 aromatic carbocycles. The number of rotatable bonds is 14. The summed E-state index contributed by atoms with van der Waals surface area (Å²) in [6.07, 6.45) is 12.8. The Hall–Kier alpha value is -4.56. The Balaban J connectivity index is 0.829. The standard InChI is InChI=1S/C50H63ClN8O5/c1-32-33(7-5-9-35(32)54-44(60)42-52-37-27-58(23-11-39(37)56(42)2)25-21-47-13-15-49(29-47,16-14-47)31-64-4)34-8-6-10-36(41(34)51)55-45(61)43-53-38-28-59(24-12-40(38)57(43)3)26-22-48-17-19-50(30-48,20-18-48)46(62)63/h5-10H,11-31H2,1-4H3,(H,54,60)(H,55,61)(H,62,63)/i2D3,3D3. The number of amides is 2. The molecule has 14 heteroatoms. The summed E-state index contributed by atoms with van der Waals surface area (Å²) in [5.41, 5.74) is 4.69. The Morgan fingerprint density at radius 2 is 1.27 bits per heavy atom. The smallest absolute Gasteiger partial charge is 0.309 e. The number of carboxylic acids is 1. The lowest BCUT2D eigenvalue weighted by Crippen LogP contribution is -2.34. The van der Waals surface area contributed by atoms with Crippen molar-refractivity contribution >= 4 is 40.8 Å². The van der Waals surface area contributed by atoms with Crippen molar-refractivity contribution in [1.29, 1.82) is 0 Å². The fraction of sp³-hybridized carbons (Fsp3) is 0.580. The molecule has 10 rings (SSSR count). The van der Waals surface area contributed by atoms with Crippen LogP contribution in [0.1, 0.15) is 135 Å². The number of hydrogen-bond donors (Lipinski definition) is 3. The molecular weight excluding hydrogens is 828 g/mol. The van der Waals surface area contributed by atoms with Gasteiger partial charge in [-0.2, -0.15) is 0 Å². The van der Waals surface area contributed by atoms with Gasteiger partial charge in [0, 0.05) is 90.9 Å². The molecule has 64 heavy (non-hydrogen) atoms. The Bertz CT molecular complexity index is 2730. The number of hydrogen-bond acceptors (Lipinski definition) is 8. The zero-order valence-electron chi connectivity index (χ0n) is 43.0. The Kier molecular flexibility index (Phi) is 9.39. The maximum Gasteiger partial charge on any atom is 0.309 e. The largest absolute Gasteiger partial charge is 0.481 e. The van der Waals surface area contributed by atoms with Crippen LogP contribution in [0.3, 0.4) is 0 Å². The molecule has 4 aromatic rings. The van der Waals surface area contributed by atoms with Crippen molar-refractivity contribution in [3.05, 3.63) is 81.4 Å². The molecule has 0 unspecified atom stereocenters. The lowest BCUT2D eigenvalue weighted by molar-refractivity contribution is -0.148. The minimum atomic E-state index is -2.68. The summed E-state index contributed by atoms with van der Waals surface area (Å²) in [6.45, 7) is 1.05. The number of carbonyl (C=O) groups excluding carboxylic acids is 2. The van der Waals surface area contributed by atoms with Crippen molar-refractivity contribution < 1.29 is 32.5 Å². The minimum absolute atomic E-state index is 0.0155. The van der Waals surface area contributed by atoms with Crippen molar-refractivity contribution in [3.63, 3.8) is 0 Å². The number of fused-ring (bicyclic) bond motifs is 6. The zero-order chi connectivity index (χ0) is 49.6. The second kappa shape index (κ2) is 16.4. The molecule has 0 atom stereocenters. The van der Waals surface area contributed by atoms with Gasteiger partial charge in [-0.25, -0.2) is 9.97 Å². The van der Waals surface area contributed by atoms with E-state index in [-0.39, 0.29) is 27.8 Å². The molecule has 4 heterocycles. The number of benzene rings is 2. The van der Waals surface area contributed by atoms with E-state index in [9.17, 15) is 19.5 Å². The van der Waals surface area contributed by atoms with Crippen LogP contribution < -0.4 is 10.6 Å². The van der Waals surface area contributed by atoms with Gasteiger partial charge in [-0.1, -0.05) is 35.9 Å². The van der Waals surface area contributed by atoms with Gasteiger partial charge in [-0.15, -0.1) is 0 Å². The van der Waals surface area contributed by atoms with Crippen LogP contribution >= 0.6 is 11.6 Å². The van der Waals surface area contributed by atoms with Crippen LogP contribution in [0, 0.1) is 28.6 Å². The fourth-order valence-electron chi connectivity index (χ4n) is 12.9. The van der Waals surface area contributed by atoms with E-state index in [1.165, 1.54) is 32.1 Å². The average Bonchev–Trinajstić information content (AvgIpc) is 4.17. The number of anilines is 2. The molecule has 0 saturated heterocycles. The zero-order valence-corrected chi connectivity index (χ0v) is 37.7. The van der Waals surface area contributed by atoms with Gasteiger partial charge in [-0.05, 0) is 137 Å². The third-order valence-corrected chi connectivity index (χ3v) is 17.0. The molecule has 3 N–H and O–H groups in total. The minimum Gasteiger partial charge on any atom is -0.481 e. The molecule has 2 aromatic heterocycles. The van der Waals surface area contributed by atoms with Crippen molar-refractivity contribution in [3.8, 4) is 11.1 Å². The first-order valence-corrected chi connectivity index (χ1v) is 23.4. The van der Waals surface area contributed by atoms with Crippen molar-refractivity contribution in [2.45, 2.75) is 110 Å². The summed E-state index contributed by atoms with van der Waals surface area (Å²) in [5, 5.41) is 15.8. The molecule has 340 valence electrons. The van der Waals surface area contributed by atoms with E-state index in [0.29, 0.717) is 114 Å². The number of methoxy groups -OCH3 is 1. The van der Waals surface area contributed by atoms with Gasteiger partial charge in [-0.3, -0.25) is 24.2 Å². The first kappa shape index (κ1) is 36.6. The second-order valence-corrected chi connectivity index (χ2v) is 20.7. The van der Waals surface area contributed by atoms with Gasteiger partial charge in [0.15, 0.2) is 11.6 Å². The van der Waals surface area contributed by atoms with Crippen LogP contribution in [0.25, 0.3) is 11.1 Å². The summed E-state index contributed by atoms with van der Waals surface area (Å²) < 4.78 is 58.3. The van der Waals surface area contributed by atoms with E-state index in [4.69, 9.17) is 29.5 Å². The number of nitrogens with one attached hydrogen (secondary N) is 2. The van der Waals surface area contributed by atoms with Crippen molar-refractivity contribution in [2.24, 2.45) is 35.6 Å². The average molecular weight is 898 g/mol. The molecular formula is C50H63ClN8O5. The number of carbonyl (C=O) groups is 3.